The van der Waals surface area contributed by atoms with E-state index in [2.05, 4.69) is 40.9 Å². The zero-order valence-electron chi connectivity index (χ0n) is 12.5. The lowest BCUT2D eigenvalue weighted by Crippen LogP contribution is -2.23. The van der Waals surface area contributed by atoms with Crippen LogP contribution in [0.4, 0.5) is 4.79 Å². The first-order valence-corrected chi connectivity index (χ1v) is 6.99. The topological polar surface area (TPSA) is 53.0 Å². The molecule has 0 aromatic heterocycles. The SMILES string of the molecule is CCCCCCCCN1C=CN(C)C1.COC(=O)O. The van der Waals surface area contributed by atoms with Gasteiger partial charge < -0.3 is 19.6 Å². The molecule has 1 heterocycles. The van der Waals surface area contributed by atoms with E-state index in [0.717, 1.165) is 13.8 Å². The van der Waals surface area contributed by atoms with Crippen LogP contribution in [0, 0.1) is 0 Å². The molecule has 19 heavy (non-hydrogen) atoms. The second-order valence-electron chi connectivity index (χ2n) is 4.75. The second-order valence-corrected chi connectivity index (χ2v) is 4.75. The molecule has 5 nitrogen and oxygen atoms in total. The predicted octanol–water partition coefficient (Wildman–Crippen LogP) is 3.33. The van der Waals surface area contributed by atoms with Gasteiger partial charge in [-0.25, -0.2) is 4.79 Å². The molecule has 0 aliphatic carbocycles. The van der Waals surface area contributed by atoms with E-state index in [1.807, 2.05) is 0 Å². The molecule has 1 N–H and O–H groups in total. The third kappa shape index (κ3) is 11.4. The number of carboxylic acid groups (broad SMARTS) is 1. The molecular weight excluding hydrogens is 244 g/mol. The summed E-state index contributed by atoms with van der Waals surface area (Å²) >= 11 is 0. The summed E-state index contributed by atoms with van der Waals surface area (Å²) in [5, 5.41) is 7.50. The van der Waals surface area contributed by atoms with Crippen molar-refractivity contribution in [1.29, 1.82) is 0 Å². The van der Waals surface area contributed by atoms with Crippen molar-refractivity contribution in [1.82, 2.24) is 9.80 Å². The molecule has 0 bridgehead atoms. The zero-order chi connectivity index (χ0) is 14.5. The van der Waals surface area contributed by atoms with E-state index in [9.17, 15) is 0 Å². The van der Waals surface area contributed by atoms with E-state index in [1.54, 1.807) is 0 Å². The summed E-state index contributed by atoms with van der Waals surface area (Å²) in [5.74, 6) is 0. The van der Waals surface area contributed by atoms with Gasteiger partial charge in [0.1, 0.15) is 0 Å². The first kappa shape index (κ1) is 17.6. The Hall–Kier alpha value is -1.39. The lowest BCUT2D eigenvalue weighted by atomic mass is 10.1. The lowest BCUT2D eigenvalue weighted by Gasteiger charge is -2.17. The third-order valence-corrected chi connectivity index (χ3v) is 2.91. The van der Waals surface area contributed by atoms with Gasteiger partial charge in [0.05, 0.1) is 13.8 Å². The summed E-state index contributed by atoms with van der Waals surface area (Å²) in [6, 6.07) is 0. The molecule has 0 unspecified atom stereocenters. The number of unbranched alkanes of at least 4 members (excludes halogenated alkanes) is 5. The maximum absolute atomic E-state index is 9.15. The van der Waals surface area contributed by atoms with Gasteiger partial charge >= 0.3 is 6.16 Å². The van der Waals surface area contributed by atoms with E-state index < -0.39 is 6.16 Å². The van der Waals surface area contributed by atoms with Gasteiger partial charge in [0, 0.05) is 26.0 Å². The Kier molecular flexibility index (Phi) is 10.8. The minimum absolute atomic E-state index is 1.08. The van der Waals surface area contributed by atoms with Crippen molar-refractivity contribution in [3.05, 3.63) is 12.4 Å². The summed E-state index contributed by atoms with van der Waals surface area (Å²) in [4.78, 5) is 13.8. The van der Waals surface area contributed by atoms with Gasteiger partial charge in [-0.15, -0.1) is 0 Å². The molecule has 0 aromatic carbocycles. The van der Waals surface area contributed by atoms with Crippen LogP contribution < -0.4 is 0 Å². The van der Waals surface area contributed by atoms with Gasteiger partial charge in [0.15, 0.2) is 0 Å². The molecule has 1 rings (SSSR count). The Balaban J connectivity index is 0.000000555. The number of carbonyl (C=O) groups is 1. The molecule has 0 fully saturated rings. The van der Waals surface area contributed by atoms with Crippen molar-refractivity contribution in [2.24, 2.45) is 0 Å². The van der Waals surface area contributed by atoms with Crippen molar-refractivity contribution in [3.8, 4) is 0 Å². The van der Waals surface area contributed by atoms with Crippen LogP contribution in [-0.2, 0) is 4.74 Å². The van der Waals surface area contributed by atoms with E-state index in [0.29, 0.717) is 0 Å². The van der Waals surface area contributed by atoms with Crippen LogP contribution in [0.2, 0.25) is 0 Å². The fourth-order valence-corrected chi connectivity index (χ4v) is 1.83. The zero-order valence-corrected chi connectivity index (χ0v) is 12.5. The van der Waals surface area contributed by atoms with Gasteiger partial charge in [0.2, 0.25) is 0 Å². The number of hydrogen-bond acceptors (Lipinski definition) is 4. The third-order valence-electron chi connectivity index (χ3n) is 2.91. The molecule has 5 heteroatoms. The number of rotatable bonds is 7. The smallest absolute Gasteiger partial charge is 0.450 e. The highest BCUT2D eigenvalue weighted by atomic mass is 16.6. The molecule has 0 spiro atoms. The quantitative estimate of drug-likeness (QED) is 0.569. The Labute approximate surface area is 116 Å². The van der Waals surface area contributed by atoms with Crippen LogP contribution in [0.25, 0.3) is 0 Å². The Morgan fingerprint density at radius 3 is 2.26 bits per heavy atom. The van der Waals surface area contributed by atoms with Crippen LogP contribution in [0.3, 0.4) is 0 Å². The van der Waals surface area contributed by atoms with Crippen LogP contribution in [0.5, 0.6) is 0 Å². The molecule has 0 aromatic rings. The fourth-order valence-electron chi connectivity index (χ4n) is 1.83. The molecule has 0 amide bonds. The van der Waals surface area contributed by atoms with Gasteiger partial charge in [-0.3, -0.25) is 0 Å². The summed E-state index contributed by atoms with van der Waals surface area (Å²) in [7, 11) is 3.22. The summed E-state index contributed by atoms with van der Waals surface area (Å²) < 4.78 is 3.67. The molecule has 1 aliphatic heterocycles. The van der Waals surface area contributed by atoms with Crippen molar-refractivity contribution in [3.63, 3.8) is 0 Å². The lowest BCUT2D eigenvalue weighted by molar-refractivity contribution is 0.114. The Morgan fingerprint density at radius 2 is 1.79 bits per heavy atom. The van der Waals surface area contributed by atoms with Gasteiger partial charge in [-0.05, 0) is 6.42 Å². The number of hydrogen-bond donors (Lipinski definition) is 1. The Morgan fingerprint density at radius 1 is 1.21 bits per heavy atom. The molecule has 0 saturated heterocycles. The minimum atomic E-state index is -1.25. The fraction of sp³-hybridized carbons (Fsp3) is 0.786. The molecule has 0 radical (unpaired) electrons. The molecule has 0 saturated carbocycles. The number of ether oxygens (including phenoxy) is 1. The normalized spacial score (nSPS) is 13.2. The predicted molar refractivity (Wildman–Crippen MR) is 76.9 cm³/mol. The van der Waals surface area contributed by atoms with E-state index >= 15 is 0 Å². The number of nitrogens with zero attached hydrogens (tertiary/aromatic N) is 2. The first-order chi connectivity index (χ1) is 9.10. The van der Waals surface area contributed by atoms with E-state index in [-0.39, 0.29) is 0 Å². The summed E-state index contributed by atoms with van der Waals surface area (Å²) in [6.45, 7) is 4.58. The van der Waals surface area contributed by atoms with E-state index in [1.165, 1.54) is 45.1 Å². The maximum atomic E-state index is 9.15. The standard InChI is InChI=1S/C12H24N2.C2H4O3/c1-3-4-5-6-7-8-9-14-11-10-13(2)12-14;1-5-2(3)4/h10-11H,3-9,12H2,1-2H3;1H3,(H,3,4). The summed E-state index contributed by atoms with van der Waals surface area (Å²) in [5.41, 5.74) is 0. The van der Waals surface area contributed by atoms with Crippen molar-refractivity contribution < 1.29 is 14.6 Å². The van der Waals surface area contributed by atoms with Gasteiger partial charge in [-0.1, -0.05) is 39.0 Å². The molecule has 1 aliphatic rings. The molecule has 0 atom stereocenters. The first-order valence-electron chi connectivity index (χ1n) is 6.99. The monoisotopic (exact) mass is 272 g/mol. The molecular formula is C14H28N2O3. The maximum Gasteiger partial charge on any atom is 0.505 e. The highest BCUT2D eigenvalue weighted by molar-refractivity contribution is 5.56. The molecule has 112 valence electrons. The summed E-state index contributed by atoms with van der Waals surface area (Å²) in [6.07, 6.45) is 11.4. The van der Waals surface area contributed by atoms with Gasteiger partial charge in [0.25, 0.3) is 0 Å². The highest BCUT2D eigenvalue weighted by Crippen LogP contribution is 2.08. The second kappa shape index (κ2) is 11.7. The van der Waals surface area contributed by atoms with Crippen LogP contribution in [0.15, 0.2) is 12.4 Å². The van der Waals surface area contributed by atoms with Crippen molar-refractivity contribution in [2.75, 3.05) is 27.4 Å². The minimum Gasteiger partial charge on any atom is -0.450 e. The van der Waals surface area contributed by atoms with Crippen LogP contribution in [0.1, 0.15) is 45.4 Å². The van der Waals surface area contributed by atoms with Crippen molar-refractivity contribution in [2.45, 2.75) is 45.4 Å². The van der Waals surface area contributed by atoms with Crippen molar-refractivity contribution >= 4 is 6.16 Å². The average Bonchev–Trinajstić information content (AvgIpc) is 2.80. The van der Waals surface area contributed by atoms with Crippen LogP contribution >= 0.6 is 0 Å². The largest absolute Gasteiger partial charge is 0.505 e. The highest BCUT2D eigenvalue weighted by Gasteiger charge is 2.06. The number of methoxy groups -OCH3 is 1. The average molecular weight is 272 g/mol. The Bertz CT molecular complexity index is 257. The van der Waals surface area contributed by atoms with Crippen LogP contribution in [-0.4, -0.2) is 48.4 Å². The van der Waals surface area contributed by atoms with E-state index in [4.69, 9.17) is 9.90 Å². The van der Waals surface area contributed by atoms with Gasteiger partial charge in [-0.2, -0.15) is 0 Å².